The van der Waals surface area contributed by atoms with Crippen LogP contribution in [0.1, 0.15) is 31.9 Å². The Kier molecular flexibility index (Phi) is 5.10. The number of nitrogens with two attached hydrogens (primary N) is 1. The average molecular weight is 301 g/mol. The van der Waals surface area contributed by atoms with Crippen LogP contribution in [0.25, 0.3) is 0 Å². The molecule has 112 valence electrons. The van der Waals surface area contributed by atoms with Gasteiger partial charge in [-0.1, -0.05) is 11.6 Å². The number of hydrogen-bond acceptors (Lipinski definition) is 5. The molecule has 0 spiro atoms. The summed E-state index contributed by atoms with van der Waals surface area (Å²) < 4.78 is 10.7. The van der Waals surface area contributed by atoms with Crippen LogP contribution in [-0.4, -0.2) is 30.6 Å². The van der Waals surface area contributed by atoms with Gasteiger partial charge in [0.05, 0.1) is 11.1 Å². The van der Waals surface area contributed by atoms with Crippen molar-refractivity contribution >= 4 is 11.6 Å². The van der Waals surface area contributed by atoms with Gasteiger partial charge >= 0.3 is 0 Å². The van der Waals surface area contributed by atoms with Crippen LogP contribution in [0, 0.1) is 0 Å². The van der Waals surface area contributed by atoms with E-state index < -0.39 is 0 Å². The van der Waals surface area contributed by atoms with Crippen LogP contribution in [0.2, 0.25) is 5.02 Å². The fourth-order valence-corrected chi connectivity index (χ4v) is 2.69. The van der Waals surface area contributed by atoms with Gasteiger partial charge in [-0.05, 0) is 38.0 Å². The Morgan fingerprint density at radius 2 is 2.15 bits per heavy atom. The second-order valence-corrected chi connectivity index (χ2v) is 5.58. The van der Waals surface area contributed by atoms with E-state index in [4.69, 9.17) is 26.8 Å². The van der Waals surface area contributed by atoms with E-state index in [1.165, 1.54) is 0 Å². The number of ether oxygens (including phenoxy) is 2. The Hall–Kier alpha value is -1.01. The lowest BCUT2D eigenvalue weighted by molar-refractivity contribution is 0.168. The molecule has 1 aliphatic heterocycles. The maximum atomic E-state index is 9.42. The minimum Gasteiger partial charge on any atom is -0.454 e. The van der Waals surface area contributed by atoms with Crippen molar-refractivity contribution in [3.8, 4) is 11.5 Å². The minimum absolute atomic E-state index is 0.0456. The SMILES string of the molecule is CC(O)CC(C)NC(CN)c1cc(Cl)c2c(c1)OCO2. The lowest BCUT2D eigenvalue weighted by Crippen LogP contribution is -2.36. The maximum Gasteiger partial charge on any atom is 0.231 e. The molecule has 0 bridgehead atoms. The fourth-order valence-electron chi connectivity index (χ4n) is 2.41. The van der Waals surface area contributed by atoms with Gasteiger partial charge in [0.25, 0.3) is 0 Å². The first kappa shape index (κ1) is 15.4. The molecule has 0 saturated heterocycles. The molecular weight excluding hydrogens is 280 g/mol. The Labute approximate surface area is 124 Å². The van der Waals surface area contributed by atoms with Gasteiger partial charge in [-0.2, -0.15) is 0 Å². The quantitative estimate of drug-likeness (QED) is 0.747. The monoisotopic (exact) mass is 300 g/mol. The summed E-state index contributed by atoms with van der Waals surface area (Å²) in [6.07, 6.45) is 0.311. The van der Waals surface area contributed by atoms with E-state index in [9.17, 15) is 5.11 Å². The predicted octanol–water partition coefficient (Wildman–Crippen LogP) is 1.82. The number of rotatable bonds is 6. The van der Waals surface area contributed by atoms with Crippen molar-refractivity contribution in [2.45, 2.75) is 38.5 Å². The standard InChI is InChI=1S/C14H21ClN2O3/c1-8(3-9(2)18)17-12(6-16)10-4-11(15)14-13(5-10)19-7-20-14/h4-5,8-9,12,17-18H,3,6-7,16H2,1-2H3. The highest BCUT2D eigenvalue weighted by molar-refractivity contribution is 6.32. The lowest BCUT2D eigenvalue weighted by atomic mass is 10.0. The van der Waals surface area contributed by atoms with Crippen LogP contribution in [0.15, 0.2) is 12.1 Å². The van der Waals surface area contributed by atoms with Crippen LogP contribution in [0.3, 0.4) is 0 Å². The third-order valence-corrected chi connectivity index (χ3v) is 3.55. The van der Waals surface area contributed by atoms with Crippen LogP contribution in [0.4, 0.5) is 0 Å². The molecule has 3 atom stereocenters. The largest absolute Gasteiger partial charge is 0.454 e. The van der Waals surface area contributed by atoms with Crippen molar-refractivity contribution in [1.82, 2.24) is 5.32 Å². The van der Waals surface area contributed by atoms with E-state index in [1.54, 1.807) is 6.92 Å². The van der Waals surface area contributed by atoms with E-state index >= 15 is 0 Å². The van der Waals surface area contributed by atoms with Gasteiger partial charge in [-0.15, -0.1) is 0 Å². The van der Waals surface area contributed by atoms with Gasteiger partial charge in [0.1, 0.15) is 0 Å². The molecule has 20 heavy (non-hydrogen) atoms. The van der Waals surface area contributed by atoms with E-state index in [-0.39, 0.29) is 25.0 Å². The summed E-state index contributed by atoms with van der Waals surface area (Å²) in [7, 11) is 0. The van der Waals surface area contributed by atoms with E-state index in [2.05, 4.69) is 5.32 Å². The summed E-state index contributed by atoms with van der Waals surface area (Å²) in [5.74, 6) is 1.24. The van der Waals surface area contributed by atoms with Crippen LogP contribution in [0.5, 0.6) is 11.5 Å². The molecule has 1 aliphatic rings. The Bertz CT molecular complexity index is 468. The molecule has 5 nitrogen and oxygen atoms in total. The van der Waals surface area contributed by atoms with Crippen LogP contribution < -0.4 is 20.5 Å². The smallest absolute Gasteiger partial charge is 0.231 e. The van der Waals surface area contributed by atoms with Gasteiger partial charge in [-0.25, -0.2) is 0 Å². The highest BCUT2D eigenvalue weighted by atomic mass is 35.5. The normalized spacial score (nSPS) is 17.9. The summed E-state index contributed by atoms with van der Waals surface area (Å²) in [6.45, 7) is 4.41. The van der Waals surface area contributed by atoms with Gasteiger partial charge in [0.2, 0.25) is 6.79 Å². The van der Waals surface area contributed by atoms with Gasteiger partial charge in [0, 0.05) is 18.6 Å². The van der Waals surface area contributed by atoms with Crippen LogP contribution in [-0.2, 0) is 0 Å². The zero-order valence-electron chi connectivity index (χ0n) is 11.7. The number of hydrogen-bond donors (Lipinski definition) is 3. The molecular formula is C14H21ClN2O3. The molecule has 0 amide bonds. The summed E-state index contributed by atoms with van der Waals surface area (Å²) in [5.41, 5.74) is 6.80. The zero-order valence-corrected chi connectivity index (χ0v) is 12.5. The highest BCUT2D eigenvalue weighted by Crippen LogP contribution is 2.41. The Balaban J connectivity index is 2.13. The van der Waals surface area contributed by atoms with Crippen molar-refractivity contribution in [2.24, 2.45) is 5.73 Å². The summed E-state index contributed by atoms with van der Waals surface area (Å²) >= 11 is 6.18. The third-order valence-electron chi connectivity index (χ3n) is 3.27. The molecule has 1 heterocycles. The molecule has 6 heteroatoms. The average Bonchev–Trinajstić information content (AvgIpc) is 2.83. The maximum absolute atomic E-state index is 9.42. The number of fused-ring (bicyclic) bond motifs is 1. The minimum atomic E-state index is -0.351. The number of benzene rings is 1. The second kappa shape index (κ2) is 6.63. The van der Waals surface area contributed by atoms with E-state index in [0.29, 0.717) is 29.5 Å². The van der Waals surface area contributed by atoms with Gasteiger partial charge in [0.15, 0.2) is 11.5 Å². The van der Waals surface area contributed by atoms with Crippen molar-refractivity contribution in [1.29, 1.82) is 0 Å². The van der Waals surface area contributed by atoms with Crippen LogP contribution >= 0.6 is 11.6 Å². The number of aliphatic hydroxyl groups is 1. The topological polar surface area (TPSA) is 76.7 Å². The molecule has 0 aromatic heterocycles. The van der Waals surface area contributed by atoms with E-state index in [0.717, 1.165) is 5.56 Å². The lowest BCUT2D eigenvalue weighted by Gasteiger charge is -2.24. The first-order valence-corrected chi connectivity index (χ1v) is 7.12. The summed E-state index contributed by atoms with van der Waals surface area (Å²) in [4.78, 5) is 0. The first-order valence-electron chi connectivity index (χ1n) is 6.74. The molecule has 0 radical (unpaired) electrons. The number of nitrogens with one attached hydrogen (secondary N) is 1. The van der Waals surface area contributed by atoms with Crippen molar-refractivity contribution in [3.63, 3.8) is 0 Å². The number of aliphatic hydroxyl groups excluding tert-OH is 1. The Morgan fingerprint density at radius 1 is 1.40 bits per heavy atom. The molecule has 1 aromatic rings. The molecule has 1 aromatic carbocycles. The van der Waals surface area contributed by atoms with Gasteiger partial charge in [-0.3, -0.25) is 0 Å². The number of halogens is 1. The molecule has 0 aliphatic carbocycles. The molecule has 2 rings (SSSR count). The predicted molar refractivity (Wildman–Crippen MR) is 78.3 cm³/mol. The summed E-state index contributed by atoms with van der Waals surface area (Å²) in [5, 5.41) is 13.3. The van der Waals surface area contributed by atoms with Crippen molar-refractivity contribution in [3.05, 3.63) is 22.7 Å². The van der Waals surface area contributed by atoms with E-state index in [1.807, 2.05) is 19.1 Å². The highest BCUT2D eigenvalue weighted by Gasteiger charge is 2.22. The molecule has 4 N–H and O–H groups in total. The van der Waals surface area contributed by atoms with Crippen molar-refractivity contribution < 1.29 is 14.6 Å². The first-order chi connectivity index (χ1) is 9.51. The second-order valence-electron chi connectivity index (χ2n) is 5.18. The molecule has 0 saturated carbocycles. The third kappa shape index (κ3) is 3.55. The van der Waals surface area contributed by atoms with Gasteiger partial charge < -0.3 is 25.6 Å². The summed E-state index contributed by atoms with van der Waals surface area (Å²) in [6, 6.07) is 3.84. The molecule has 0 fully saturated rings. The Morgan fingerprint density at radius 3 is 2.80 bits per heavy atom. The zero-order chi connectivity index (χ0) is 14.7. The van der Waals surface area contributed by atoms with Crippen molar-refractivity contribution in [2.75, 3.05) is 13.3 Å². The molecule has 3 unspecified atom stereocenters. The fraction of sp³-hybridized carbons (Fsp3) is 0.571.